The smallest absolute Gasteiger partial charge is 0.337 e. The number of nitrogens with one attached hydrogen (secondary N) is 1. The molecule has 6 aliphatic rings. The number of rotatable bonds is 10. The fraction of sp³-hybridized carbons (Fsp3) is 0.800. The highest BCUT2D eigenvalue weighted by atomic mass is 32.3. The van der Waals surface area contributed by atoms with Crippen LogP contribution in [0.3, 0.4) is 0 Å². The maximum Gasteiger partial charge on any atom is 0.337 e. The van der Waals surface area contributed by atoms with Gasteiger partial charge >= 0.3 is 5.97 Å². The quantitative estimate of drug-likeness (QED) is 0.203. The molecule has 5 fully saturated rings. The van der Waals surface area contributed by atoms with Gasteiger partial charge in [0.1, 0.15) is 0 Å². The summed E-state index contributed by atoms with van der Waals surface area (Å²) in [7, 11) is 2.78. The van der Waals surface area contributed by atoms with Crippen molar-refractivity contribution in [1.82, 2.24) is 10.2 Å². The molecule has 0 radical (unpaired) electrons. The molecule has 304 valence electrons. The van der Waals surface area contributed by atoms with Crippen molar-refractivity contribution in [3.63, 3.8) is 0 Å². The fourth-order valence-corrected chi connectivity index (χ4v) is 15.9. The number of esters is 1. The van der Waals surface area contributed by atoms with Gasteiger partial charge in [0, 0.05) is 45.9 Å². The molecule has 54 heavy (non-hydrogen) atoms. The second-order valence-corrected chi connectivity index (χ2v) is 22.5. The van der Waals surface area contributed by atoms with Gasteiger partial charge in [-0.3, -0.25) is 14.0 Å². The van der Waals surface area contributed by atoms with Crippen LogP contribution in [0.15, 0.2) is 30.3 Å². The molecular formula is C45H72N2O6S. The predicted octanol–water partition coefficient (Wildman–Crippen LogP) is 9.01. The summed E-state index contributed by atoms with van der Waals surface area (Å²) in [5.41, 5.74) is 3.72. The number of carbonyl (C=O) groups is 1. The van der Waals surface area contributed by atoms with Gasteiger partial charge in [-0.15, -0.1) is 0 Å². The van der Waals surface area contributed by atoms with Crippen molar-refractivity contribution in [2.45, 2.75) is 110 Å². The van der Waals surface area contributed by atoms with E-state index in [0.717, 1.165) is 39.0 Å². The number of carbonyl (C=O) groups excluding carboxylic acids is 1. The summed E-state index contributed by atoms with van der Waals surface area (Å²) in [6, 6.07) is 8.10. The molecular weight excluding hydrogens is 697 g/mol. The van der Waals surface area contributed by atoms with Gasteiger partial charge in [-0.05, 0) is 139 Å². The van der Waals surface area contributed by atoms with Crippen molar-refractivity contribution < 1.29 is 28.1 Å². The lowest BCUT2D eigenvalue weighted by atomic mass is 9.32. The fourth-order valence-electron chi connectivity index (χ4n) is 14.6. The maximum absolute atomic E-state index is 12.2. The molecule has 7 rings (SSSR count). The first-order valence-electron chi connectivity index (χ1n) is 21.1. The van der Waals surface area contributed by atoms with Crippen molar-refractivity contribution >= 4 is 22.1 Å². The lowest BCUT2D eigenvalue weighted by Gasteiger charge is -2.72. The van der Waals surface area contributed by atoms with E-state index in [1.807, 2.05) is 26.4 Å². The first-order valence-corrected chi connectivity index (χ1v) is 23.0. The van der Waals surface area contributed by atoms with Crippen LogP contribution < -0.4 is 5.32 Å². The molecule has 8 nitrogen and oxygen atoms in total. The number of hydrogen-bond donors (Lipinski definition) is 3. The van der Waals surface area contributed by atoms with Crippen LogP contribution in [0.25, 0.3) is 5.57 Å². The van der Waals surface area contributed by atoms with Gasteiger partial charge < -0.3 is 19.5 Å². The molecule has 1 heterocycles. The number of benzene rings is 1. The van der Waals surface area contributed by atoms with Crippen LogP contribution in [0.1, 0.15) is 115 Å². The van der Waals surface area contributed by atoms with E-state index in [0.29, 0.717) is 53.3 Å². The van der Waals surface area contributed by atoms with E-state index in [9.17, 15) is 13.9 Å². The zero-order valence-corrected chi connectivity index (χ0v) is 35.8. The van der Waals surface area contributed by atoms with Crippen molar-refractivity contribution in [2.24, 2.45) is 51.2 Å². The van der Waals surface area contributed by atoms with Crippen LogP contribution >= 0.6 is 10.6 Å². The number of ether oxygens (including phenoxy) is 3. The highest BCUT2D eigenvalue weighted by Gasteiger charge is 2.71. The summed E-state index contributed by atoms with van der Waals surface area (Å²) in [6.45, 7) is 19.4. The minimum atomic E-state index is -2.39. The molecule has 0 spiro atoms. The van der Waals surface area contributed by atoms with Crippen LogP contribution in [-0.4, -0.2) is 96.7 Å². The Hall–Kier alpha value is -1.46. The van der Waals surface area contributed by atoms with E-state index in [2.05, 4.69) is 70.0 Å². The normalized spacial score (nSPS) is 41.6. The Morgan fingerprint density at radius 3 is 2.26 bits per heavy atom. The Balaban J connectivity index is 1.17. The van der Waals surface area contributed by atoms with Crippen LogP contribution in [0.4, 0.5) is 0 Å². The van der Waals surface area contributed by atoms with Gasteiger partial charge in [0.2, 0.25) is 0 Å². The topological polar surface area (TPSA) is 100 Å². The number of hydrogen-bond acceptors (Lipinski definition) is 8. The number of allylic oxidation sites excluding steroid dienone is 2. The van der Waals surface area contributed by atoms with Gasteiger partial charge in [-0.2, -0.15) is 10.6 Å². The minimum absolute atomic E-state index is 0.0208. The minimum Gasteiger partial charge on any atom is -0.465 e. The summed E-state index contributed by atoms with van der Waals surface area (Å²) in [4.78, 5) is 14.6. The largest absolute Gasteiger partial charge is 0.465 e. The van der Waals surface area contributed by atoms with Crippen molar-refractivity contribution in [3.8, 4) is 0 Å². The van der Waals surface area contributed by atoms with E-state index in [-0.39, 0.29) is 38.8 Å². The molecule has 1 saturated heterocycles. The second kappa shape index (κ2) is 14.4. The lowest BCUT2D eigenvalue weighted by molar-refractivity contribution is -0.228. The molecule has 0 amide bonds. The number of methoxy groups -OCH3 is 3. The molecule has 9 heteroatoms. The Labute approximate surface area is 328 Å². The highest BCUT2D eigenvalue weighted by Crippen LogP contribution is 2.77. The Morgan fingerprint density at radius 2 is 1.61 bits per heavy atom. The summed E-state index contributed by atoms with van der Waals surface area (Å²) >= 11 is 0. The van der Waals surface area contributed by atoms with E-state index in [1.54, 1.807) is 0 Å². The standard InChI is InChI=1S/C45H72N2O6S/c1-40(2)33(31-10-12-32(13-11-31)39(48)52-8)16-19-41(3)36(40)18-20-43(5)37(41)15-14-34-38-35(44(6,53-9)30-51-7)17-21-45(38,23-22-42(34,43)4)46-24-25-47-26-28-54(49,50)29-27-47/h10-13,16,34-38,46,49-50H,14-15,17-30H2,1-9H3/t34-,35-,36+,37-,38+,41+,42-,43-,44?,45+/m1/s1. The maximum atomic E-state index is 12.2. The third-order valence-electron chi connectivity index (χ3n) is 17.7. The lowest BCUT2D eigenvalue weighted by Crippen LogP contribution is -2.69. The molecule has 3 N–H and O–H groups in total. The van der Waals surface area contributed by atoms with Crippen LogP contribution in [0.2, 0.25) is 0 Å². The van der Waals surface area contributed by atoms with Gasteiger partial charge in [-0.1, -0.05) is 52.8 Å². The van der Waals surface area contributed by atoms with Gasteiger partial charge in [0.25, 0.3) is 0 Å². The molecule has 1 aliphatic heterocycles. The number of fused-ring (bicyclic) bond motifs is 7. The molecule has 1 aromatic carbocycles. The molecule has 0 aromatic heterocycles. The summed E-state index contributed by atoms with van der Waals surface area (Å²) in [6.07, 6.45) is 13.6. The summed E-state index contributed by atoms with van der Waals surface area (Å²) in [5, 5.41) is 4.28. The van der Waals surface area contributed by atoms with Crippen LogP contribution in [0, 0.1) is 51.2 Å². The zero-order chi connectivity index (χ0) is 39.0. The Bertz CT molecular complexity index is 1570. The van der Waals surface area contributed by atoms with Gasteiger partial charge in [0.15, 0.2) is 0 Å². The van der Waals surface area contributed by atoms with E-state index < -0.39 is 10.6 Å². The third kappa shape index (κ3) is 6.37. The SMILES string of the molecule is COCC(C)(OC)[C@@H]1CC[C@]2(NCCN3CCS(O)(O)CC3)CC[C@]3(C)[C@H](CC[C@@H]4[C@@]5(C)CC=C(c6ccc(C(=O)OC)cc6)C(C)(C)[C@@H]5CC[C@]43C)[C@@H]12. The Morgan fingerprint density at radius 1 is 0.907 bits per heavy atom. The van der Waals surface area contributed by atoms with E-state index >= 15 is 0 Å². The van der Waals surface area contributed by atoms with E-state index in [4.69, 9.17) is 14.2 Å². The molecule has 4 saturated carbocycles. The van der Waals surface area contributed by atoms with Gasteiger partial charge in [-0.25, -0.2) is 4.79 Å². The molecule has 0 bridgehead atoms. The summed E-state index contributed by atoms with van der Waals surface area (Å²) < 4.78 is 37.8. The van der Waals surface area contributed by atoms with Crippen molar-refractivity contribution in [1.29, 1.82) is 0 Å². The van der Waals surface area contributed by atoms with Crippen molar-refractivity contribution in [3.05, 3.63) is 41.5 Å². The second-order valence-electron chi connectivity index (χ2n) is 20.0. The first kappa shape index (κ1) is 40.7. The molecule has 10 atom stereocenters. The zero-order valence-electron chi connectivity index (χ0n) is 35.0. The number of nitrogens with zero attached hydrogens (tertiary/aromatic N) is 1. The average molecular weight is 769 g/mol. The molecule has 5 aliphatic carbocycles. The van der Waals surface area contributed by atoms with E-state index in [1.165, 1.54) is 63.2 Å². The first-order chi connectivity index (χ1) is 25.4. The summed E-state index contributed by atoms with van der Waals surface area (Å²) in [5.74, 6) is 3.50. The highest BCUT2D eigenvalue weighted by molar-refractivity contribution is 8.24. The van der Waals surface area contributed by atoms with Crippen molar-refractivity contribution in [2.75, 3.05) is 65.6 Å². The average Bonchev–Trinajstić information content (AvgIpc) is 3.52. The monoisotopic (exact) mass is 769 g/mol. The third-order valence-corrected chi connectivity index (χ3v) is 19.4. The van der Waals surface area contributed by atoms with Crippen LogP contribution in [0.5, 0.6) is 0 Å². The Kier molecular flexibility index (Phi) is 10.9. The molecule has 1 aromatic rings. The molecule has 1 unspecified atom stereocenters. The van der Waals surface area contributed by atoms with Gasteiger partial charge in [0.05, 0.1) is 36.4 Å². The predicted molar refractivity (Wildman–Crippen MR) is 220 cm³/mol. The van der Waals surface area contributed by atoms with Crippen LogP contribution in [-0.2, 0) is 14.2 Å².